The van der Waals surface area contributed by atoms with Gasteiger partial charge < -0.3 is 19.5 Å². The molecule has 2 heterocycles. The molecular weight excluding hydrogens is 300 g/mol. The minimum atomic E-state index is 0.287. The number of para-hydroxylation sites is 1. The van der Waals surface area contributed by atoms with E-state index in [9.17, 15) is 0 Å². The molecule has 5 heteroatoms. The van der Waals surface area contributed by atoms with Crippen LogP contribution in [0.2, 0.25) is 0 Å². The molecule has 5 nitrogen and oxygen atoms in total. The number of aliphatic imine (C=N–C) groups is 1. The summed E-state index contributed by atoms with van der Waals surface area (Å²) in [6.45, 7) is 2.71. The van der Waals surface area contributed by atoms with Gasteiger partial charge in [0.05, 0.1) is 6.54 Å². The average Bonchev–Trinajstić information content (AvgIpc) is 3.03. The second kappa shape index (κ2) is 7.90. The van der Waals surface area contributed by atoms with Gasteiger partial charge in [-0.1, -0.05) is 18.2 Å². The molecule has 0 spiro atoms. The summed E-state index contributed by atoms with van der Waals surface area (Å²) in [7, 11) is 3.91. The van der Waals surface area contributed by atoms with Gasteiger partial charge in [0.1, 0.15) is 11.9 Å². The third-order valence-electron chi connectivity index (χ3n) is 4.48. The Bertz CT molecular complexity index is 657. The van der Waals surface area contributed by atoms with Crippen LogP contribution in [0.25, 0.3) is 0 Å². The Kier molecular flexibility index (Phi) is 5.41. The normalized spacial score (nSPS) is 16.2. The summed E-state index contributed by atoms with van der Waals surface area (Å²) in [5.41, 5.74) is 1.25. The highest BCUT2D eigenvalue weighted by Crippen LogP contribution is 2.18. The van der Waals surface area contributed by atoms with Gasteiger partial charge in [-0.2, -0.15) is 0 Å². The summed E-state index contributed by atoms with van der Waals surface area (Å²) in [6, 6.07) is 14.3. The van der Waals surface area contributed by atoms with Crippen LogP contribution in [-0.4, -0.2) is 41.7 Å². The van der Waals surface area contributed by atoms with Crippen molar-refractivity contribution in [3.05, 3.63) is 54.4 Å². The van der Waals surface area contributed by atoms with Gasteiger partial charge in [-0.3, -0.25) is 4.99 Å². The lowest BCUT2D eigenvalue weighted by Gasteiger charge is -2.34. The molecule has 1 aromatic heterocycles. The topological polar surface area (TPSA) is 41.8 Å². The predicted octanol–water partition coefficient (Wildman–Crippen LogP) is 2.64. The van der Waals surface area contributed by atoms with Crippen molar-refractivity contribution in [1.82, 2.24) is 14.8 Å². The second-order valence-electron chi connectivity index (χ2n) is 6.13. The van der Waals surface area contributed by atoms with E-state index in [4.69, 9.17) is 4.74 Å². The molecule has 128 valence electrons. The molecule has 1 saturated heterocycles. The zero-order valence-corrected chi connectivity index (χ0v) is 14.5. The van der Waals surface area contributed by atoms with Crippen molar-refractivity contribution >= 4 is 5.96 Å². The maximum Gasteiger partial charge on any atom is 0.193 e. The molecule has 24 heavy (non-hydrogen) atoms. The molecule has 0 atom stereocenters. The van der Waals surface area contributed by atoms with Gasteiger partial charge in [0.2, 0.25) is 0 Å². The van der Waals surface area contributed by atoms with Crippen molar-refractivity contribution in [2.75, 3.05) is 20.1 Å². The van der Waals surface area contributed by atoms with E-state index in [-0.39, 0.29) is 6.10 Å². The summed E-state index contributed by atoms with van der Waals surface area (Å²) < 4.78 is 8.19. The van der Waals surface area contributed by atoms with Crippen LogP contribution in [0.3, 0.4) is 0 Å². The monoisotopic (exact) mass is 326 g/mol. The Balaban J connectivity index is 1.48. The van der Waals surface area contributed by atoms with E-state index in [1.807, 2.05) is 37.4 Å². The number of likely N-dealkylation sites (tertiary alicyclic amines) is 1. The van der Waals surface area contributed by atoms with E-state index in [0.717, 1.165) is 44.2 Å². The SMILES string of the molecule is CN=C(NCc1cccn1C)N1CCC(Oc2ccccc2)CC1. The van der Waals surface area contributed by atoms with Crippen LogP contribution in [0.5, 0.6) is 5.75 Å². The molecule has 1 fully saturated rings. The number of benzene rings is 1. The van der Waals surface area contributed by atoms with Gasteiger partial charge in [-0.25, -0.2) is 0 Å². The van der Waals surface area contributed by atoms with Gasteiger partial charge in [-0.05, 0) is 24.3 Å². The number of guanidine groups is 1. The average molecular weight is 326 g/mol. The van der Waals surface area contributed by atoms with E-state index in [2.05, 4.69) is 45.2 Å². The first-order valence-corrected chi connectivity index (χ1v) is 8.54. The number of piperidine rings is 1. The van der Waals surface area contributed by atoms with Crippen molar-refractivity contribution in [3.63, 3.8) is 0 Å². The number of rotatable bonds is 4. The fraction of sp³-hybridized carbons (Fsp3) is 0.421. The minimum absolute atomic E-state index is 0.287. The van der Waals surface area contributed by atoms with Crippen LogP contribution in [0, 0.1) is 0 Å². The summed E-state index contributed by atoms with van der Waals surface area (Å²) in [5, 5.41) is 3.46. The molecule has 1 N–H and O–H groups in total. The summed E-state index contributed by atoms with van der Waals surface area (Å²) in [5.74, 6) is 1.93. The van der Waals surface area contributed by atoms with Crippen molar-refractivity contribution < 1.29 is 4.74 Å². The molecule has 2 aromatic rings. The molecular formula is C19H26N4O. The summed E-state index contributed by atoms with van der Waals surface area (Å²) in [4.78, 5) is 6.74. The van der Waals surface area contributed by atoms with Gasteiger partial charge in [0.15, 0.2) is 5.96 Å². The standard InChI is InChI=1S/C19H26N4O/c1-20-19(21-15-16-7-6-12-22(16)2)23-13-10-18(11-14-23)24-17-8-4-3-5-9-17/h3-9,12,18H,10-11,13-15H2,1-2H3,(H,20,21). The van der Waals surface area contributed by atoms with Crippen LogP contribution >= 0.6 is 0 Å². The van der Waals surface area contributed by atoms with Crippen molar-refractivity contribution in [1.29, 1.82) is 0 Å². The number of aromatic nitrogens is 1. The van der Waals surface area contributed by atoms with E-state index in [0.29, 0.717) is 0 Å². The van der Waals surface area contributed by atoms with E-state index in [1.54, 1.807) is 0 Å². The molecule has 0 amide bonds. The van der Waals surface area contributed by atoms with Crippen molar-refractivity contribution in [2.24, 2.45) is 12.0 Å². The van der Waals surface area contributed by atoms with Crippen LogP contribution < -0.4 is 10.1 Å². The Labute approximate surface area is 144 Å². The molecule has 0 aliphatic carbocycles. The maximum absolute atomic E-state index is 6.06. The Morgan fingerprint density at radius 1 is 1.17 bits per heavy atom. The molecule has 1 aliphatic rings. The zero-order chi connectivity index (χ0) is 16.8. The maximum atomic E-state index is 6.06. The molecule has 0 radical (unpaired) electrons. The van der Waals surface area contributed by atoms with E-state index < -0.39 is 0 Å². The lowest BCUT2D eigenvalue weighted by Crippen LogP contribution is -2.47. The predicted molar refractivity (Wildman–Crippen MR) is 97.3 cm³/mol. The summed E-state index contributed by atoms with van der Waals surface area (Å²) in [6.07, 6.45) is 4.38. The Morgan fingerprint density at radius 2 is 1.92 bits per heavy atom. The van der Waals surface area contributed by atoms with Gasteiger partial charge in [-0.15, -0.1) is 0 Å². The van der Waals surface area contributed by atoms with Crippen LogP contribution in [-0.2, 0) is 13.6 Å². The van der Waals surface area contributed by atoms with Crippen LogP contribution in [0.15, 0.2) is 53.7 Å². The molecule has 0 unspecified atom stereocenters. The van der Waals surface area contributed by atoms with Gasteiger partial charge in [0.25, 0.3) is 0 Å². The molecule has 1 aliphatic heterocycles. The number of nitrogens with zero attached hydrogens (tertiary/aromatic N) is 3. The number of hydrogen-bond acceptors (Lipinski definition) is 2. The first-order chi connectivity index (χ1) is 11.8. The molecule has 3 rings (SSSR count). The lowest BCUT2D eigenvalue weighted by molar-refractivity contribution is 0.129. The highest BCUT2D eigenvalue weighted by Gasteiger charge is 2.22. The molecule has 0 saturated carbocycles. The number of nitrogens with one attached hydrogen (secondary N) is 1. The number of hydrogen-bond donors (Lipinski definition) is 1. The highest BCUT2D eigenvalue weighted by molar-refractivity contribution is 5.79. The Hall–Kier alpha value is -2.43. The molecule has 1 aromatic carbocycles. The summed E-state index contributed by atoms with van der Waals surface area (Å²) >= 11 is 0. The largest absolute Gasteiger partial charge is 0.490 e. The Morgan fingerprint density at radius 3 is 2.54 bits per heavy atom. The highest BCUT2D eigenvalue weighted by atomic mass is 16.5. The van der Waals surface area contributed by atoms with Crippen molar-refractivity contribution in [3.8, 4) is 5.75 Å². The fourth-order valence-electron chi connectivity index (χ4n) is 3.06. The van der Waals surface area contributed by atoms with Gasteiger partial charge in [0, 0.05) is 51.9 Å². The smallest absolute Gasteiger partial charge is 0.193 e. The first-order valence-electron chi connectivity index (χ1n) is 8.54. The third-order valence-corrected chi connectivity index (χ3v) is 4.48. The van der Waals surface area contributed by atoms with E-state index in [1.165, 1.54) is 5.69 Å². The minimum Gasteiger partial charge on any atom is -0.490 e. The van der Waals surface area contributed by atoms with E-state index >= 15 is 0 Å². The fourth-order valence-corrected chi connectivity index (χ4v) is 3.06. The first kappa shape index (κ1) is 16.4. The molecule has 0 bridgehead atoms. The van der Waals surface area contributed by atoms with Gasteiger partial charge >= 0.3 is 0 Å². The lowest BCUT2D eigenvalue weighted by atomic mass is 10.1. The number of aryl methyl sites for hydroxylation is 1. The third kappa shape index (κ3) is 4.10. The zero-order valence-electron chi connectivity index (χ0n) is 14.5. The number of ether oxygens (including phenoxy) is 1. The van der Waals surface area contributed by atoms with Crippen LogP contribution in [0.4, 0.5) is 0 Å². The quantitative estimate of drug-likeness (QED) is 0.694. The second-order valence-corrected chi connectivity index (χ2v) is 6.13. The van der Waals surface area contributed by atoms with Crippen molar-refractivity contribution in [2.45, 2.75) is 25.5 Å². The van der Waals surface area contributed by atoms with Crippen LogP contribution in [0.1, 0.15) is 18.5 Å².